The number of benzene rings is 1. The van der Waals surface area contributed by atoms with Crippen molar-refractivity contribution in [2.75, 3.05) is 12.4 Å². The first-order valence-corrected chi connectivity index (χ1v) is 6.57. The molecule has 17 heavy (non-hydrogen) atoms. The SMILES string of the molecule is CC(C)(CCCl)CNCc1cccc(Cl)c1F. The van der Waals surface area contributed by atoms with Crippen LogP contribution in [0.15, 0.2) is 18.2 Å². The van der Waals surface area contributed by atoms with Crippen molar-refractivity contribution >= 4 is 23.2 Å². The van der Waals surface area contributed by atoms with E-state index in [1.807, 2.05) is 0 Å². The van der Waals surface area contributed by atoms with E-state index >= 15 is 0 Å². The lowest BCUT2D eigenvalue weighted by Crippen LogP contribution is -2.29. The molecular formula is C13H18Cl2FN. The lowest BCUT2D eigenvalue weighted by atomic mass is 9.90. The molecule has 0 saturated heterocycles. The van der Waals surface area contributed by atoms with Gasteiger partial charge in [-0.15, -0.1) is 11.6 Å². The molecule has 0 radical (unpaired) electrons. The lowest BCUT2D eigenvalue weighted by Gasteiger charge is -2.24. The first-order chi connectivity index (χ1) is 7.96. The molecule has 0 aromatic heterocycles. The molecule has 0 bridgehead atoms. The van der Waals surface area contributed by atoms with Crippen LogP contribution >= 0.6 is 23.2 Å². The summed E-state index contributed by atoms with van der Waals surface area (Å²) in [5.41, 5.74) is 0.718. The molecule has 0 spiro atoms. The second kappa shape index (κ2) is 6.58. The Morgan fingerprint density at radius 3 is 2.71 bits per heavy atom. The highest BCUT2D eigenvalue weighted by Gasteiger charge is 2.16. The van der Waals surface area contributed by atoms with Crippen molar-refractivity contribution in [3.63, 3.8) is 0 Å². The van der Waals surface area contributed by atoms with Gasteiger partial charge in [-0.3, -0.25) is 0 Å². The molecule has 1 nitrogen and oxygen atoms in total. The van der Waals surface area contributed by atoms with Crippen molar-refractivity contribution in [2.45, 2.75) is 26.8 Å². The van der Waals surface area contributed by atoms with E-state index < -0.39 is 0 Å². The number of hydrogen-bond acceptors (Lipinski definition) is 1. The zero-order valence-corrected chi connectivity index (χ0v) is 11.7. The van der Waals surface area contributed by atoms with Gasteiger partial charge in [0.05, 0.1) is 5.02 Å². The number of nitrogens with one attached hydrogen (secondary N) is 1. The van der Waals surface area contributed by atoms with E-state index in [4.69, 9.17) is 23.2 Å². The summed E-state index contributed by atoms with van der Waals surface area (Å²) in [4.78, 5) is 0. The van der Waals surface area contributed by atoms with Crippen LogP contribution in [0.5, 0.6) is 0 Å². The van der Waals surface area contributed by atoms with Crippen LogP contribution in [0.1, 0.15) is 25.8 Å². The van der Waals surface area contributed by atoms with Crippen LogP contribution in [-0.2, 0) is 6.54 Å². The van der Waals surface area contributed by atoms with Crippen LogP contribution in [0.2, 0.25) is 5.02 Å². The van der Waals surface area contributed by atoms with Gasteiger partial charge in [-0.25, -0.2) is 4.39 Å². The number of halogens is 3. The van der Waals surface area contributed by atoms with Crippen molar-refractivity contribution in [1.29, 1.82) is 0 Å². The fourth-order valence-corrected chi connectivity index (χ4v) is 2.27. The minimum Gasteiger partial charge on any atom is -0.312 e. The minimum atomic E-state index is -0.336. The third-order valence-electron chi connectivity index (χ3n) is 2.72. The van der Waals surface area contributed by atoms with Gasteiger partial charge in [0.1, 0.15) is 5.82 Å². The predicted octanol–water partition coefficient (Wildman–Crippen LogP) is 4.22. The number of hydrogen-bond donors (Lipinski definition) is 1. The first-order valence-electron chi connectivity index (χ1n) is 5.66. The molecule has 1 N–H and O–H groups in total. The Morgan fingerprint density at radius 1 is 1.35 bits per heavy atom. The quantitative estimate of drug-likeness (QED) is 0.768. The average molecular weight is 278 g/mol. The average Bonchev–Trinajstić information content (AvgIpc) is 2.24. The monoisotopic (exact) mass is 277 g/mol. The Balaban J connectivity index is 2.49. The van der Waals surface area contributed by atoms with Gasteiger partial charge in [0.25, 0.3) is 0 Å². The van der Waals surface area contributed by atoms with E-state index in [0.717, 1.165) is 13.0 Å². The van der Waals surface area contributed by atoms with Crippen LogP contribution in [0.3, 0.4) is 0 Å². The van der Waals surface area contributed by atoms with Crippen LogP contribution in [0.25, 0.3) is 0 Å². The Bertz CT molecular complexity index is 366. The molecule has 1 aromatic rings. The summed E-state index contributed by atoms with van der Waals surface area (Å²) in [6, 6.07) is 5.05. The molecule has 0 amide bonds. The summed E-state index contributed by atoms with van der Waals surface area (Å²) in [6.07, 6.45) is 0.930. The van der Waals surface area contributed by atoms with Crippen molar-refractivity contribution in [2.24, 2.45) is 5.41 Å². The van der Waals surface area contributed by atoms with Crippen LogP contribution < -0.4 is 5.32 Å². The molecule has 1 rings (SSSR count). The van der Waals surface area contributed by atoms with Gasteiger partial charge in [-0.2, -0.15) is 0 Å². The lowest BCUT2D eigenvalue weighted by molar-refractivity contribution is 0.328. The highest BCUT2D eigenvalue weighted by molar-refractivity contribution is 6.30. The topological polar surface area (TPSA) is 12.0 Å². The van der Waals surface area contributed by atoms with Crippen LogP contribution in [0.4, 0.5) is 4.39 Å². The molecular weight excluding hydrogens is 260 g/mol. The van der Waals surface area contributed by atoms with Crippen LogP contribution in [0, 0.1) is 11.2 Å². The summed E-state index contributed by atoms with van der Waals surface area (Å²) in [7, 11) is 0. The Labute approximate surface area is 112 Å². The second-order valence-corrected chi connectivity index (χ2v) is 5.70. The molecule has 0 unspecified atom stereocenters. The second-order valence-electron chi connectivity index (χ2n) is 4.92. The third-order valence-corrected chi connectivity index (χ3v) is 3.20. The van der Waals surface area contributed by atoms with Gasteiger partial charge in [0.15, 0.2) is 0 Å². The molecule has 96 valence electrons. The summed E-state index contributed by atoms with van der Waals surface area (Å²) in [5, 5.41) is 3.41. The predicted molar refractivity (Wildman–Crippen MR) is 72.2 cm³/mol. The first kappa shape index (κ1) is 14.7. The Morgan fingerprint density at radius 2 is 2.06 bits per heavy atom. The molecule has 0 heterocycles. The normalized spacial score (nSPS) is 11.8. The number of alkyl halides is 1. The van der Waals surface area contributed by atoms with E-state index in [-0.39, 0.29) is 16.3 Å². The van der Waals surface area contributed by atoms with Crippen LogP contribution in [-0.4, -0.2) is 12.4 Å². The van der Waals surface area contributed by atoms with E-state index in [2.05, 4.69) is 19.2 Å². The highest BCUT2D eigenvalue weighted by atomic mass is 35.5. The van der Waals surface area contributed by atoms with Gasteiger partial charge in [-0.1, -0.05) is 37.6 Å². The van der Waals surface area contributed by atoms with Crippen molar-refractivity contribution in [1.82, 2.24) is 5.32 Å². The maximum atomic E-state index is 13.6. The molecule has 0 fully saturated rings. The maximum Gasteiger partial charge on any atom is 0.146 e. The van der Waals surface area contributed by atoms with Crippen molar-refractivity contribution in [3.8, 4) is 0 Å². The third kappa shape index (κ3) is 4.82. The highest BCUT2D eigenvalue weighted by Crippen LogP contribution is 2.21. The Hall–Kier alpha value is -0.310. The Kier molecular flexibility index (Phi) is 5.71. The fourth-order valence-electron chi connectivity index (χ4n) is 1.56. The smallest absolute Gasteiger partial charge is 0.146 e. The van der Waals surface area contributed by atoms with E-state index in [0.29, 0.717) is 18.0 Å². The van der Waals surface area contributed by atoms with Gasteiger partial charge < -0.3 is 5.32 Å². The fraction of sp³-hybridized carbons (Fsp3) is 0.538. The van der Waals surface area contributed by atoms with Gasteiger partial charge in [-0.05, 0) is 17.9 Å². The molecule has 0 aliphatic heterocycles. The largest absolute Gasteiger partial charge is 0.312 e. The van der Waals surface area contributed by atoms with Gasteiger partial charge in [0.2, 0.25) is 0 Å². The summed E-state index contributed by atoms with van der Waals surface area (Å²) < 4.78 is 13.6. The van der Waals surface area contributed by atoms with E-state index in [1.54, 1.807) is 18.2 Å². The van der Waals surface area contributed by atoms with Gasteiger partial charge in [0, 0.05) is 24.5 Å². The van der Waals surface area contributed by atoms with Crippen molar-refractivity contribution < 1.29 is 4.39 Å². The van der Waals surface area contributed by atoms with Gasteiger partial charge >= 0.3 is 0 Å². The standard InChI is InChI=1S/C13H18Cl2FN/c1-13(2,6-7-14)9-17-8-10-4-3-5-11(15)12(10)16/h3-5,17H,6-9H2,1-2H3. The molecule has 0 aliphatic rings. The zero-order valence-electron chi connectivity index (χ0n) is 10.2. The van der Waals surface area contributed by atoms with Crippen molar-refractivity contribution in [3.05, 3.63) is 34.6 Å². The summed E-state index contributed by atoms with van der Waals surface area (Å²) >= 11 is 11.4. The molecule has 1 aromatic carbocycles. The molecule has 0 saturated carbocycles. The minimum absolute atomic E-state index is 0.122. The summed E-state index contributed by atoms with van der Waals surface area (Å²) in [6.45, 7) is 5.55. The molecule has 4 heteroatoms. The maximum absolute atomic E-state index is 13.6. The number of rotatable bonds is 6. The summed E-state index contributed by atoms with van der Waals surface area (Å²) in [5.74, 6) is 0.303. The zero-order chi connectivity index (χ0) is 12.9. The van der Waals surface area contributed by atoms with E-state index in [1.165, 1.54) is 0 Å². The molecule has 0 aliphatic carbocycles. The van der Waals surface area contributed by atoms with E-state index in [9.17, 15) is 4.39 Å². The molecule has 0 atom stereocenters.